The van der Waals surface area contributed by atoms with Gasteiger partial charge >= 0.3 is 0 Å². The van der Waals surface area contributed by atoms with Crippen LogP contribution in [0.3, 0.4) is 0 Å². The van der Waals surface area contributed by atoms with Crippen molar-refractivity contribution in [2.24, 2.45) is 4.99 Å². The zero-order valence-electron chi connectivity index (χ0n) is 12.3. The van der Waals surface area contributed by atoms with E-state index in [1.165, 1.54) is 24.8 Å². The van der Waals surface area contributed by atoms with Gasteiger partial charge in [0.25, 0.3) is 0 Å². The van der Waals surface area contributed by atoms with E-state index in [2.05, 4.69) is 47.5 Å². The third kappa shape index (κ3) is 3.09. The molecule has 0 aromatic heterocycles. The molecule has 0 unspecified atom stereocenters. The first kappa shape index (κ1) is 13.9. The lowest BCUT2D eigenvalue weighted by atomic mass is 9.64. The molecule has 3 nitrogen and oxygen atoms in total. The van der Waals surface area contributed by atoms with E-state index in [0.29, 0.717) is 0 Å². The molecule has 0 aliphatic heterocycles. The van der Waals surface area contributed by atoms with Gasteiger partial charge in [-0.1, -0.05) is 36.8 Å². The molecule has 1 saturated carbocycles. The van der Waals surface area contributed by atoms with Crippen molar-refractivity contribution >= 4 is 5.96 Å². The number of nitrogens with zero attached hydrogens (tertiary/aromatic N) is 2. The van der Waals surface area contributed by atoms with Crippen molar-refractivity contribution in [3.05, 3.63) is 35.9 Å². The first-order chi connectivity index (χ1) is 9.18. The molecule has 0 saturated heterocycles. The highest BCUT2D eigenvalue weighted by Gasteiger charge is 2.38. The Labute approximate surface area is 116 Å². The minimum absolute atomic E-state index is 0.276. The van der Waals surface area contributed by atoms with Gasteiger partial charge in [0.15, 0.2) is 5.96 Å². The summed E-state index contributed by atoms with van der Waals surface area (Å²) in [6, 6.07) is 10.9. The van der Waals surface area contributed by atoms with Crippen LogP contribution in [0.15, 0.2) is 35.3 Å². The van der Waals surface area contributed by atoms with E-state index in [1.807, 2.05) is 14.1 Å². The van der Waals surface area contributed by atoms with Crippen molar-refractivity contribution < 1.29 is 0 Å². The molecule has 1 aliphatic rings. The average Bonchev–Trinajstić information content (AvgIpc) is 2.37. The summed E-state index contributed by atoms with van der Waals surface area (Å²) in [4.78, 5) is 6.87. The Morgan fingerprint density at radius 3 is 2.42 bits per heavy atom. The molecule has 1 N–H and O–H groups in total. The van der Waals surface area contributed by atoms with E-state index < -0.39 is 0 Å². The van der Waals surface area contributed by atoms with Crippen LogP contribution in [0.1, 0.15) is 31.7 Å². The van der Waals surface area contributed by atoms with Gasteiger partial charge in [-0.2, -0.15) is 0 Å². The molecular weight excluding hydrogens is 234 g/mol. The first-order valence-electron chi connectivity index (χ1n) is 7.19. The molecule has 1 aromatic carbocycles. The number of rotatable bonds is 4. The molecular formula is C16H25N3. The second-order valence-electron chi connectivity index (χ2n) is 5.56. The van der Waals surface area contributed by atoms with Crippen LogP contribution in [0.4, 0.5) is 0 Å². The van der Waals surface area contributed by atoms with Crippen LogP contribution in [0.2, 0.25) is 0 Å². The van der Waals surface area contributed by atoms with Gasteiger partial charge in [-0.15, -0.1) is 0 Å². The van der Waals surface area contributed by atoms with E-state index in [-0.39, 0.29) is 5.41 Å². The van der Waals surface area contributed by atoms with Crippen LogP contribution in [-0.2, 0) is 5.41 Å². The molecule has 0 heterocycles. The standard InChI is InChI=1S/C16H25N3/c1-4-17-15(19(2)3)18-13-16(11-8-12-16)14-9-6-5-7-10-14/h5-7,9-10H,4,8,11-13H2,1-3H3,(H,17,18). The van der Waals surface area contributed by atoms with Gasteiger partial charge in [-0.05, 0) is 25.3 Å². The van der Waals surface area contributed by atoms with Crippen LogP contribution in [0, 0.1) is 0 Å². The van der Waals surface area contributed by atoms with Crippen LogP contribution in [0.5, 0.6) is 0 Å². The van der Waals surface area contributed by atoms with E-state index in [4.69, 9.17) is 4.99 Å². The van der Waals surface area contributed by atoms with E-state index in [1.54, 1.807) is 0 Å². The van der Waals surface area contributed by atoms with Crippen LogP contribution in [0.25, 0.3) is 0 Å². The molecule has 1 fully saturated rings. The Hall–Kier alpha value is -1.51. The summed E-state index contributed by atoms with van der Waals surface area (Å²) in [5.74, 6) is 0.990. The van der Waals surface area contributed by atoms with Crippen molar-refractivity contribution in [3.63, 3.8) is 0 Å². The van der Waals surface area contributed by atoms with Crippen LogP contribution >= 0.6 is 0 Å². The van der Waals surface area contributed by atoms with Crippen molar-refractivity contribution in [2.75, 3.05) is 27.2 Å². The molecule has 1 aliphatic carbocycles. The maximum absolute atomic E-state index is 4.81. The summed E-state index contributed by atoms with van der Waals surface area (Å²) >= 11 is 0. The van der Waals surface area contributed by atoms with Crippen molar-refractivity contribution in [1.29, 1.82) is 0 Å². The molecule has 19 heavy (non-hydrogen) atoms. The average molecular weight is 259 g/mol. The molecule has 0 amide bonds. The topological polar surface area (TPSA) is 27.6 Å². The predicted molar refractivity (Wildman–Crippen MR) is 81.6 cm³/mol. The second kappa shape index (κ2) is 6.09. The molecule has 2 rings (SSSR count). The number of benzene rings is 1. The normalized spacial score (nSPS) is 17.7. The molecule has 0 spiro atoms. The van der Waals surface area contributed by atoms with E-state index in [9.17, 15) is 0 Å². The number of hydrogen-bond acceptors (Lipinski definition) is 1. The quantitative estimate of drug-likeness (QED) is 0.665. The predicted octanol–water partition coefficient (Wildman–Crippen LogP) is 2.64. The summed E-state index contributed by atoms with van der Waals surface area (Å²) in [5.41, 5.74) is 1.72. The van der Waals surface area contributed by atoms with Crippen molar-refractivity contribution in [1.82, 2.24) is 10.2 Å². The Balaban J connectivity index is 2.13. The van der Waals surface area contributed by atoms with Gasteiger partial charge in [0, 0.05) is 26.1 Å². The molecule has 0 bridgehead atoms. The zero-order valence-corrected chi connectivity index (χ0v) is 12.3. The second-order valence-corrected chi connectivity index (χ2v) is 5.56. The van der Waals surface area contributed by atoms with Crippen molar-refractivity contribution in [3.8, 4) is 0 Å². The summed E-state index contributed by atoms with van der Waals surface area (Å²) in [5, 5.41) is 3.33. The summed E-state index contributed by atoms with van der Waals surface area (Å²) in [7, 11) is 4.08. The van der Waals surface area contributed by atoms with Gasteiger partial charge in [-0.3, -0.25) is 4.99 Å². The van der Waals surface area contributed by atoms with Crippen LogP contribution in [-0.4, -0.2) is 38.0 Å². The van der Waals surface area contributed by atoms with Gasteiger partial charge < -0.3 is 10.2 Å². The minimum Gasteiger partial charge on any atom is -0.357 e. The molecule has 1 aromatic rings. The Morgan fingerprint density at radius 2 is 1.95 bits per heavy atom. The fraction of sp³-hybridized carbons (Fsp3) is 0.562. The Kier molecular flexibility index (Phi) is 4.46. The summed E-state index contributed by atoms with van der Waals surface area (Å²) in [6.45, 7) is 3.90. The maximum atomic E-state index is 4.81. The number of aliphatic imine (C=N–C) groups is 1. The van der Waals surface area contributed by atoms with Gasteiger partial charge in [-0.25, -0.2) is 0 Å². The third-order valence-electron chi connectivity index (χ3n) is 3.99. The first-order valence-corrected chi connectivity index (χ1v) is 7.19. The SMILES string of the molecule is CCNC(=NCC1(c2ccccc2)CCC1)N(C)C. The fourth-order valence-electron chi connectivity index (χ4n) is 2.67. The van der Waals surface area contributed by atoms with Crippen molar-refractivity contribution in [2.45, 2.75) is 31.6 Å². The summed E-state index contributed by atoms with van der Waals surface area (Å²) < 4.78 is 0. The monoisotopic (exact) mass is 259 g/mol. The van der Waals surface area contributed by atoms with Gasteiger partial charge in [0.1, 0.15) is 0 Å². The Morgan fingerprint density at radius 1 is 1.26 bits per heavy atom. The highest BCUT2D eigenvalue weighted by Crippen LogP contribution is 2.43. The lowest BCUT2D eigenvalue weighted by molar-refractivity contribution is 0.253. The fourth-order valence-corrected chi connectivity index (χ4v) is 2.67. The largest absolute Gasteiger partial charge is 0.357 e. The van der Waals surface area contributed by atoms with Gasteiger partial charge in [0.05, 0.1) is 6.54 Å². The van der Waals surface area contributed by atoms with E-state index in [0.717, 1.165) is 19.0 Å². The highest BCUT2D eigenvalue weighted by molar-refractivity contribution is 5.79. The van der Waals surface area contributed by atoms with E-state index >= 15 is 0 Å². The molecule has 3 heteroatoms. The minimum atomic E-state index is 0.276. The highest BCUT2D eigenvalue weighted by atomic mass is 15.3. The molecule has 0 radical (unpaired) electrons. The van der Waals surface area contributed by atoms with Gasteiger partial charge in [0.2, 0.25) is 0 Å². The number of hydrogen-bond donors (Lipinski definition) is 1. The summed E-state index contributed by atoms with van der Waals surface area (Å²) in [6.07, 6.45) is 3.84. The Bertz CT molecular complexity index is 419. The zero-order chi connectivity index (χ0) is 13.7. The maximum Gasteiger partial charge on any atom is 0.193 e. The smallest absolute Gasteiger partial charge is 0.193 e. The number of nitrogens with one attached hydrogen (secondary N) is 1. The molecule has 104 valence electrons. The lowest BCUT2D eigenvalue weighted by Gasteiger charge is -2.41. The van der Waals surface area contributed by atoms with Crippen LogP contribution < -0.4 is 5.32 Å². The number of guanidine groups is 1. The third-order valence-corrected chi connectivity index (χ3v) is 3.99. The lowest BCUT2D eigenvalue weighted by Crippen LogP contribution is -2.41. The molecule has 0 atom stereocenters.